The summed E-state index contributed by atoms with van der Waals surface area (Å²) in [6.45, 7) is -1.09. The monoisotopic (exact) mass is 503 g/mol. The van der Waals surface area contributed by atoms with Crippen LogP contribution in [0.25, 0.3) is 6.08 Å². The van der Waals surface area contributed by atoms with E-state index in [4.69, 9.17) is 14.6 Å². The van der Waals surface area contributed by atoms with E-state index >= 15 is 0 Å². The van der Waals surface area contributed by atoms with Gasteiger partial charge in [0.15, 0.2) is 6.61 Å². The fourth-order valence-electron chi connectivity index (χ4n) is 2.86. The number of nitrogens with zero attached hydrogens (tertiary/aromatic N) is 1. The number of imide groups is 1. The Hall–Kier alpha value is -3.86. The van der Waals surface area contributed by atoms with E-state index in [1.165, 1.54) is 19.3 Å². The number of hydrogen-bond donors (Lipinski definition) is 3. The standard InChI is InChI=1S/C21H18BrN3O7/c1-31-17-5-3-2-4-14(17)23-18(26)10-25-20(29)15(24-21(25)30)9-12-8-13(22)6-7-16(12)32-11-19(27)28/h2-9H,10-11H2,1H3,(H,23,26)(H,24,30)(H,27,28)/b15-9-. The molecule has 0 aromatic heterocycles. The summed E-state index contributed by atoms with van der Waals surface area (Å²) in [5.41, 5.74) is 0.681. The summed E-state index contributed by atoms with van der Waals surface area (Å²) in [6.07, 6.45) is 1.35. The maximum atomic E-state index is 12.7. The van der Waals surface area contributed by atoms with Crippen molar-refractivity contribution in [1.82, 2.24) is 10.2 Å². The van der Waals surface area contributed by atoms with E-state index in [-0.39, 0.29) is 11.4 Å². The first-order chi connectivity index (χ1) is 15.3. The molecule has 1 aliphatic heterocycles. The Morgan fingerprint density at radius 2 is 1.94 bits per heavy atom. The van der Waals surface area contributed by atoms with Crippen LogP contribution in [0, 0.1) is 0 Å². The number of amides is 4. The van der Waals surface area contributed by atoms with Gasteiger partial charge in [0.05, 0.1) is 12.8 Å². The minimum absolute atomic E-state index is 0.0848. The first kappa shape index (κ1) is 22.8. The highest BCUT2D eigenvalue weighted by atomic mass is 79.9. The van der Waals surface area contributed by atoms with Crippen molar-refractivity contribution in [2.45, 2.75) is 0 Å². The van der Waals surface area contributed by atoms with Crippen molar-refractivity contribution in [3.05, 3.63) is 58.2 Å². The molecule has 3 rings (SSSR count). The van der Waals surface area contributed by atoms with Crippen molar-refractivity contribution in [3.8, 4) is 11.5 Å². The average molecular weight is 504 g/mol. The number of anilines is 1. The van der Waals surface area contributed by atoms with Crippen LogP contribution in [0.3, 0.4) is 0 Å². The zero-order valence-corrected chi connectivity index (χ0v) is 18.3. The molecule has 32 heavy (non-hydrogen) atoms. The van der Waals surface area contributed by atoms with Gasteiger partial charge in [0.25, 0.3) is 5.91 Å². The van der Waals surface area contributed by atoms with Crippen LogP contribution in [0.2, 0.25) is 0 Å². The average Bonchev–Trinajstić information content (AvgIpc) is 3.00. The van der Waals surface area contributed by atoms with E-state index in [0.29, 0.717) is 21.5 Å². The molecule has 0 spiro atoms. The van der Waals surface area contributed by atoms with E-state index in [9.17, 15) is 19.2 Å². The number of aliphatic carboxylic acids is 1. The fourth-order valence-corrected chi connectivity index (χ4v) is 3.23. The molecule has 4 amide bonds. The third-order valence-corrected chi connectivity index (χ3v) is 4.76. The molecular formula is C21H18BrN3O7. The maximum absolute atomic E-state index is 12.7. The SMILES string of the molecule is COc1ccccc1NC(=O)CN1C(=O)N/C(=C\c2cc(Br)ccc2OCC(=O)O)C1=O. The van der Waals surface area contributed by atoms with Crippen molar-refractivity contribution in [1.29, 1.82) is 0 Å². The second-order valence-electron chi connectivity index (χ2n) is 6.49. The van der Waals surface area contributed by atoms with Gasteiger partial charge >= 0.3 is 12.0 Å². The summed E-state index contributed by atoms with van der Waals surface area (Å²) < 4.78 is 11.0. The zero-order valence-electron chi connectivity index (χ0n) is 16.8. The number of urea groups is 1. The number of carboxylic acid groups (broad SMARTS) is 1. The van der Waals surface area contributed by atoms with Crippen LogP contribution in [0.4, 0.5) is 10.5 Å². The molecule has 0 radical (unpaired) electrons. The number of para-hydroxylation sites is 2. The van der Waals surface area contributed by atoms with Crippen molar-refractivity contribution >= 4 is 51.5 Å². The third-order valence-electron chi connectivity index (χ3n) is 4.27. The largest absolute Gasteiger partial charge is 0.495 e. The molecule has 2 aromatic rings. The second-order valence-corrected chi connectivity index (χ2v) is 7.41. The fraction of sp³-hybridized carbons (Fsp3) is 0.143. The normalized spacial score (nSPS) is 14.3. The molecule has 11 heteroatoms. The van der Waals surface area contributed by atoms with Crippen LogP contribution < -0.4 is 20.1 Å². The number of nitrogens with one attached hydrogen (secondary N) is 2. The number of methoxy groups -OCH3 is 1. The Morgan fingerprint density at radius 1 is 1.19 bits per heavy atom. The topological polar surface area (TPSA) is 134 Å². The lowest BCUT2D eigenvalue weighted by Crippen LogP contribution is -2.38. The van der Waals surface area contributed by atoms with E-state index in [1.807, 2.05) is 0 Å². The molecule has 0 saturated carbocycles. The predicted octanol–water partition coefficient (Wildman–Crippen LogP) is 2.45. The molecule has 1 fully saturated rings. The molecule has 2 aromatic carbocycles. The van der Waals surface area contributed by atoms with Crippen LogP contribution in [0.1, 0.15) is 5.56 Å². The number of carbonyl (C=O) groups is 4. The first-order valence-electron chi connectivity index (χ1n) is 9.20. The Kier molecular flexibility index (Phi) is 7.11. The molecule has 3 N–H and O–H groups in total. The minimum Gasteiger partial charge on any atom is -0.495 e. The quantitative estimate of drug-likeness (QED) is 0.372. The lowest BCUT2D eigenvalue weighted by atomic mass is 10.1. The number of halogens is 1. The highest BCUT2D eigenvalue weighted by Crippen LogP contribution is 2.27. The molecule has 10 nitrogen and oxygen atoms in total. The summed E-state index contributed by atoms with van der Waals surface area (Å²) >= 11 is 3.29. The number of carbonyl (C=O) groups excluding carboxylic acids is 3. The summed E-state index contributed by atoms with van der Waals surface area (Å²) in [6, 6.07) is 10.7. The van der Waals surface area contributed by atoms with Gasteiger partial charge in [-0.1, -0.05) is 28.1 Å². The number of carboxylic acids is 1. The van der Waals surface area contributed by atoms with Crippen LogP contribution in [-0.4, -0.2) is 54.1 Å². The first-order valence-corrected chi connectivity index (χ1v) is 9.99. The molecule has 0 bridgehead atoms. The van der Waals surface area contributed by atoms with Gasteiger partial charge in [-0.3, -0.25) is 9.59 Å². The smallest absolute Gasteiger partial charge is 0.341 e. The lowest BCUT2D eigenvalue weighted by molar-refractivity contribution is -0.139. The molecule has 1 heterocycles. The summed E-state index contributed by atoms with van der Waals surface area (Å²) in [4.78, 5) is 49.0. The molecule has 0 aliphatic carbocycles. The van der Waals surface area contributed by atoms with Crippen molar-refractivity contribution < 1.29 is 33.8 Å². The van der Waals surface area contributed by atoms with Crippen LogP contribution in [0.15, 0.2) is 52.6 Å². The Balaban J connectivity index is 1.76. The van der Waals surface area contributed by atoms with E-state index < -0.39 is 37.0 Å². The second kappa shape index (κ2) is 9.96. The van der Waals surface area contributed by atoms with Crippen LogP contribution in [0.5, 0.6) is 11.5 Å². The maximum Gasteiger partial charge on any atom is 0.341 e. The van der Waals surface area contributed by atoms with Gasteiger partial charge in [0, 0.05) is 10.0 Å². The van der Waals surface area contributed by atoms with Crippen LogP contribution in [-0.2, 0) is 14.4 Å². The summed E-state index contributed by atoms with van der Waals surface area (Å²) in [7, 11) is 1.45. The van der Waals surface area contributed by atoms with Crippen molar-refractivity contribution in [2.24, 2.45) is 0 Å². The number of ether oxygens (including phenoxy) is 2. The van der Waals surface area contributed by atoms with E-state index in [0.717, 1.165) is 4.90 Å². The molecular weight excluding hydrogens is 486 g/mol. The summed E-state index contributed by atoms with van der Waals surface area (Å²) in [5.74, 6) is -1.83. The molecule has 1 aliphatic rings. The Bertz CT molecular complexity index is 1120. The predicted molar refractivity (Wildman–Crippen MR) is 117 cm³/mol. The zero-order chi connectivity index (χ0) is 23.3. The van der Waals surface area contributed by atoms with Gasteiger partial charge in [0.2, 0.25) is 5.91 Å². The van der Waals surface area contributed by atoms with Gasteiger partial charge in [-0.05, 0) is 36.4 Å². The number of hydrogen-bond acceptors (Lipinski definition) is 6. The van der Waals surface area contributed by atoms with Crippen molar-refractivity contribution in [3.63, 3.8) is 0 Å². The van der Waals surface area contributed by atoms with Gasteiger partial charge in [-0.15, -0.1) is 0 Å². The van der Waals surface area contributed by atoms with Gasteiger partial charge in [0.1, 0.15) is 23.7 Å². The van der Waals surface area contributed by atoms with E-state index in [1.54, 1.807) is 36.4 Å². The van der Waals surface area contributed by atoms with Gasteiger partial charge < -0.3 is 25.2 Å². The summed E-state index contributed by atoms with van der Waals surface area (Å²) in [5, 5.41) is 13.8. The van der Waals surface area contributed by atoms with Crippen molar-refractivity contribution in [2.75, 3.05) is 25.6 Å². The molecule has 1 saturated heterocycles. The number of rotatable bonds is 8. The van der Waals surface area contributed by atoms with Crippen LogP contribution >= 0.6 is 15.9 Å². The lowest BCUT2D eigenvalue weighted by Gasteiger charge is -2.13. The molecule has 166 valence electrons. The van der Waals surface area contributed by atoms with E-state index in [2.05, 4.69) is 26.6 Å². The number of benzene rings is 2. The third kappa shape index (κ3) is 5.43. The molecule has 0 atom stereocenters. The Morgan fingerprint density at radius 3 is 2.66 bits per heavy atom. The highest BCUT2D eigenvalue weighted by molar-refractivity contribution is 9.10. The highest BCUT2D eigenvalue weighted by Gasteiger charge is 2.35. The minimum atomic E-state index is -1.16. The van der Waals surface area contributed by atoms with Gasteiger partial charge in [-0.2, -0.15) is 0 Å². The molecule has 0 unspecified atom stereocenters. The Labute approximate surface area is 190 Å². The van der Waals surface area contributed by atoms with Gasteiger partial charge in [-0.25, -0.2) is 14.5 Å².